The van der Waals surface area contributed by atoms with Crippen molar-refractivity contribution in [2.75, 3.05) is 13.2 Å². The van der Waals surface area contributed by atoms with E-state index < -0.39 is 0 Å². The summed E-state index contributed by atoms with van der Waals surface area (Å²) < 4.78 is 10.9. The SMILES string of the molecule is CCOCC(N)C1CCC(C)O1. The van der Waals surface area contributed by atoms with E-state index in [1.807, 2.05) is 6.92 Å². The minimum atomic E-state index is 0.0508. The van der Waals surface area contributed by atoms with Crippen molar-refractivity contribution in [2.45, 2.75) is 44.9 Å². The van der Waals surface area contributed by atoms with Gasteiger partial charge in [-0.2, -0.15) is 0 Å². The van der Waals surface area contributed by atoms with Gasteiger partial charge >= 0.3 is 0 Å². The molecule has 1 aliphatic rings. The van der Waals surface area contributed by atoms with Gasteiger partial charge < -0.3 is 15.2 Å². The van der Waals surface area contributed by atoms with Gasteiger partial charge in [0.2, 0.25) is 0 Å². The van der Waals surface area contributed by atoms with Gasteiger partial charge in [-0.1, -0.05) is 0 Å². The van der Waals surface area contributed by atoms with Crippen LogP contribution in [-0.4, -0.2) is 31.5 Å². The van der Waals surface area contributed by atoms with E-state index in [-0.39, 0.29) is 12.1 Å². The van der Waals surface area contributed by atoms with Gasteiger partial charge in [-0.05, 0) is 26.7 Å². The zero-order valence-corrected chi connectivity index (χ0v) is 7.95. The zero-order valence-electron chi connectivity index (χ0n) is 7.95. The maximum absolute atomic E-state index is 5.88. The Morgan fingerprint density at radius 1 is 1.58 bits per heavy atom. The lowest BCUT2D eigenvalue weighted by Crippen LogP contribution is -2.38. The van der Waals surface area contributed by atoms with Crippen molar-refractivity contribution in [3.63, 3.8) is 0 Å². The second-order valence-electron chi connectivity index (χ2n) is 3.39. The topological polar surface area (TPSA) is 44.5 Å². The molecule has 0 aliphatic carbocycles. The lowest BCUT2D eigenvalue weighted by molar-refractivity contribution is 0.0143. The lowest BCUT2D eigenvalue weighted by Gasteiger charge is -2.18. The van der Waals surface area contributed by atoms with E-state index in [9.17, 15) is 0 Å². The molecular formula is C9H19NO2. The third-order valence-corrected chi connectivity index (χ3v) is 2.26. The fourth-order valence-corrected chi connectivity index (χ4v) is 1.51. The molecule has 0 saturated carbocycles. The van der Waals surface area contributed by atoms with Crippen LogP contribution in [0, 0.1) is 0 Å². The van der Waals surface area contributed by atoms with Crippen molar-refractivity contribution in [2.24, 2.45) is 5.73 Å². The average Bonchev–Trinajstić information content (AvgIpc) is 2.47. The Kier molecular flexibility index (Phi) is 3.98. The van der Waals surface area contributed by atoms with Gasteiger partial charge in [0.15, 0.2) is 0 Å². The molecule has 0 radical (unpaired) electrons. The molecule has 1 saturated heterocycles. The largest absolute Gasteiger partial charge is 0.380 e. The Balaban J connectivity index is 2.18. The number of ether oxygens (including phenoxy) is 2. The van der Waals surface area contributed by atoms with E-state index >= 15 is 0 Å². The molecule has 1 rings (SSSR count). The maximum Gasteiger partial charge on any atom is 0.0753 e. The lowest BCUT2D eigenvalue weighted by atomic mass is 10.1. The number of hydrogen-bond donors (Lipinski definition) is 1. The van der Waals surface area contributed by atoms with Crippen molar-refractivity contribution in [3.8, 4) is 0 Å². The van der Waals surface area contributed by atoms with Crippen molar-refractivity contribution in [3.05, 3.63) is 0 Å². The first-order valence-electron chi connectivity index (χ1n) is 4.72. The highest BCUT2D eigenvalue weighted by Crippen LogP contribution is 2.20. The van der Waals surface area contributed by atoms with Crippen LogP contribution in [0.2, 0.25) is 0 Å². The highest BCUT2D eigenvalue weighted by Gasteiger charge is 2.26. The highest BCUT2D eigenvalue weighted by atomic mass is 16.5. The zero-order chi connectivity index (χ0) is 8.97. The van der Waals surface area contributed by atoms with Crippen molar-refractivity contribution < 1.29 is 9.47 Å². The van der Waals surface area contributed by atoms with Gasteiger partial charge in [-0.3, -0.25) is 0 Å². The molecule has 0 bridgehead atoms. The summed E-state index contributed by atoms with van der Waals surface area (Å²) in [5.41, 5.74) is 5.88. The third kappa shape index (κ3) is 2.73. The van der Waals surface area contributed by atoms with Gasteiger partial charge in [0.25, 0.3) is 0 Å². The molecule has 72 valence electrons. The summed E-state index contributed by atoms with van der Waals surface area (Å²) in [4.78, 5) is 0. The molecule has 0 aromatic heterocycles. The number of hydrogen-bond acceptors (Lipinski definition) is 3. The molecule has 12 heavy (non-hydrogen) atoms. The van der Waals surface area contributed by atoms with Gasteiger partial charge in [0.1, 0.15) is 0 Å². The molecule has 1 heterocycles. The fourth-order valence-electron chi connectivity index (χ4n) is 1.51. The molecule has 3 unspecified atom stereocenters. The quantitative estimate of drug-likeness (QED) is 0.687. The van der Waals surface area contributed by atoms with E-state index in [4.69, 9.17) is 15.2 Å². The molecule has 0 amide bonds. The summed E-state index contributed by atoms with van der Waals surface area (Å²) in [6.45, 7) is 5.42. The van der Waals surface area contributed by atoms with Crippen LogP contribution >= 0.6 is 0 Å². The van der Waals surface area contributed by atoms with Crippen LogP contribution < -0.4 is 5.73 Å². The van der Waals surface area contributed by atoms with Gasteiger partial charge in [-0.15, -0.1) is 0 Å². The minimum absolute atomic E-state index is 0.0508. The summed E-state index contributed by atoms with van der Waals surface area (Å²) in [7, 11) is 0. The van der Waals surface area contributed by atoms with Crippen molar-refractivity contribution >= 4 is 0 Å². The third-order valence-electron chi connectivity index (χ3n) is 2.26. The smallest absolute Gasteiger partial charge is 0.0753 e. The number of rotatable bonds is 4. The second-order valence-corrected chi connectivity index (χ2v) is 3.39. The first-order valence-corrected chi connectivity index (χ1v) is 4.72. The van der Waals surface area contributed by atoms with Crippen LogP contribution in [-0.2, 0) is 9.47 Å². The molecule has 3 nitrogen and oxygen atoms in total. The van der Waals surface area contributed by atoms with E-state index in [2.05, 4.69) is 6.92 Å². The van der Waals surface area contributed by atoms with Crippen molar-refractivity contribution in [1.29, 1.82) is 0 Å². The summed E-state index contributed by atoms with van der Waals surface area (Å²) in [6.07, 6.45) is 2.80. The normalized spacial score (nSPS) is 32.2. The number of nitrogens with two attached hydrogens (primary N) is 1. The molecule has 1 fully saturated rings. The highest BCUT2D eigenvalue weighted by molar-refractivity contribution is 4.79. The summed E-state index contributed by atoms with van der Waals surface area (Å²) in [5.74, 6) is 0. The van der Waals surface area contributed by atoms with Crippen LogP contribution in [0.3, 0.4) is 0 Å². The standard InChI is InChI=1S/C9H19NO2/c1-3-11-6-8(10)9-5-4-7(2)12-9/h7-9H,3-6,10H2,1-2H3. The van der Waals surface area contributed by atoms with Crippen LogP contribution in [0.25, 0.3) is 0 Å². The molecule has 0 aromatic rings. The van der Waals surface area contributed by atoms with Crippen LogP contribution in [0.15, 0.2) is 0 Å². The summed E-state index contributed by atoms with van der Waals surface area (Å²) in [5, 5.41) is 0. The molecule has 0 aromatic carbocycles. The van der Waals surface area contributed by atoms with Crippen LogP contribution in [0.5, 0.6) is 0 Å². The Labute approximate surface area is 74.2 Å². The Morgan fingerprint density at radius 2 is 2.33 bits per heavy atom. The first kappa shape index (κ1) is 9.96. The fraction of sp³-hybridized carbons (Fsp3) is 1.00. The van der Waals surface area contributed by atoms with Gasteiger partial charge in [-0.25, -0.2) is 0 Å². The summed E-state index contributed by atoms with van der Waals surface area (Å²) in [6, 6.07) is 0.0508. The molecule has 0 spiro atoms. The van der Waals surface area contributed by atoms with Crippen LogP contribution in [0.4, 0.5) is 0 Å². The van der Waals surface area contributed by atoms with E-state index in [1.54, 1.807) is 0 Å². The Morgan fingerprint density at radius 3 is 2.83 bits per heavy atom. The maximum atomic E-state index is 5.88. The Bertz CT molecular complexity index is 130. The van der Waals surface area contributed by atoms with E-state index in [0.717, 1.165) is 19.4 Å². The molecule has 2 N–H and O–H groups in total. The van der Waals surface area contributed by atoms with Gasteiger partial charge in [0, 0.05) is 6.61 Å². The Hall–Kier alpha value is -0.120. The molecule has 1 aliphatic heterocycles. The van der Waals surface area contributed by atoms with Crippen LogP contribution in [0.1, 0.15) is 26.7 Å². The molecular weight excluding hydrogens is 154 g/mol. The predicted molar refractivity (Wildman–Crippen MR) is 48.0 cm³/mol. The monoisotopic (exact) mass is 173 g/mol. The second kappa shape index (κ2) is 4.80. The molecule has 3 heteroatoms. The van der Waals surface area contributed by atoms with E-state index in [0.29, 0.717) is 12.7 Å². The average molecular weight is 173 g/mol. The predicted octanol–water partition coefficient (Wildman–Crippen LogP) is 0.918. The first-order chi connectivity index (χ1) is 5.74. The summed E-state index contributed by atoms with van der Waals surface area (Å²) >= 11 is 0. The van der Waals surface area contributed by atoms with Crippen molar-refractivity contribution in [1.82, 2.24) is 0 Å². The minimum Gasteiger partial charge on any atom is -0.380 e. The van der Waals surface area contributed by atoms with E-state index in [1.165, 1.54) is 0 Å². The molecule has 3 atom stereocenters. The van der Waals surface area contributed by atoms with Gasteiger partial charge in [0.05, 0.1) is 24.9 Å².